The number of sulfonamides is 1. The Kier molecular flexibility index (Phi) is 4.83. The predicted molar refractivity (Wildman–Crippen MR) is 87.2 cm³/mol. The third kappa shape index (κ3) is 3.58. The molecule has 2 aromatic rings. The van der Waals surface area contributed by atoms with Crippen molar-refractivity contribution in [2.75, 3.05) is 25.1 Å². The molecule has 2 aromatic heterocycles. The van der Waals surface area contributed by atoms with Gasteiger partial charge in [-0.3, -0.25) is 0 Å². The molecule has 0 radical (unpaired) electrons. The smallest absolute Gasteiger partial charge is 0.274 e. The molecule has 0 aliphatic carbocycles. The Hall–Kier alpha value is -1.97. The molecule has 1 fully saturated rings. The summed E-state index contributed by atoms with van der Waals surface area (Å²) in [6, 6.07) is 4.78. The van der Waals surface area contributed by atoms with Gasteiger partial charge in [-0.15, -0.1) is 0 Å². The van der Waals surface area contributed by atoms with Crippen molar-refractivity contribution >= 4 is 15.8 Å². The van der Waals surface area contributed by atoms with Crippen molar-refractivity contribution in [2.45, 2.75) is 30.6 Å². The lowest BCUT2D eigenvalue weighted by atomic mass is 10.2. The SMILES string of the molecule is CO[C@H]1C[C@@H](CNS(=O)(=O)c2ccco2)N(c2cc(C)ncn2)C1. The number of furan rings is 1. The molecule has 2 atom stereocenters. The van der Waals surface area contributed by atoms with Crippen LogP contribution < -0.4 is 9.62 Å². The molecule has 1 aliphatic rings. The maximum absolute atomic E-state index is 12.2. The third-order valence-electron chi connectivity index (χ3n) is 4.06. The molecule has 130 valence electrons. The van der Waals surface area contributed by atoms with Crippen molar-refractivity contribution < 1.29 is 17.6 Å². The van der Waals surface area contributed by atoms with Crippen molar-refractivity contribution in [3.63, 3.8) is 0 Å². The van der Waals surface area contributed by atoms with Crippen molar-refractivity contribution in [1.82, 2.24) is 14.7 Å². The summed E-state index contributed by atoms with van der Waals surface area (Å²) in [4.78, 5) is 10.4. The zero-order valence-corrected chi connectivity index (χ0v) is 14.4. The van der Waals surface area contributed by atoms with Crippen LogP contribution in [0.25, 0.3) is 0 Å². The molecule has 1 N–H and O–H groups in total. The van der Waals surface area contributed by atoms with Gasteiger partial charge < -0.3 is 14.1 Å². The maximum Gasteiger partial charge on any atom is 0.274 e. The highest BCUT2D eigenvalue weighted by Gasteiger charge is 2.34. The van der Waals surface area contributed by atoms with Gasteiger partial charge in [0.1, 0.15) is 12.1 Å². The summed E-state index contributed by atoms with van der Waals surface area (Å²) in [6.45, 7) is 2.79. The van der Waals surface area contributed by atoms with Gasteiger partial charge in [0, 0.05) is 38.0 Å². The summed E-state index contributed by atoms with van der Waals surface area (Å²) in [5.41, 5.74) is 0.857. The Labute approximate surface area is 140 Å². The van der Waals surface area contributed by atoms with Crippen LogP contribution in [0.5, 0.6) is 0 Å². The molecule has 0 amide bonds. The molecular formula is C15H20N4O4S. The molecular weight excluding hydrogens is 332 g/mol. The van der Waals surface area contributed by atoms with E-state index in [2.05, 4.69) is 14.7 Å². The molecule has 0 saturated carbocycles. The van der Waals surface area contributed by atoms with Gasteiger partial charge in [-0.2, -0.15) is 0 Å². The van der Waals surface area contributed by atoms with Crippen molar-refractivity contribution in [1.29, 1.82) is 0 Å². The minimum absolute atomic E-state index is 0.0263. The van der Waals surface area contributed by atoms with Crippen LogP contribution in [0.15, 0.2) is 40.3 Å². The Morgan fingerprint density at radius 3 is 2.96 bits per heavy atom. The summed E-state index contributed by atoms with van der Waals surface area (Å²) >= 11 is 0. The average Bonchev–Trinajstić information content (AvgIpc) is 3.23. The first kappa shape index (κ1) is 16.9. The zero-order chi connectivity index (χ0) is 17.2. The van der Waals surface area contributed by atoms with Crippen molar-refractivity contribution in [3.05, 3.63) is 36.5 Å². The number of nitrogens with one attached hydrogen (secondary N) is 1. The monoisotopic (exact) mass is 352 g/mol. The number of anilines is 1. The van der Waals surface area contributed by atoms with Crippen LogP contribution in [-0.2, 0) is 14.8 Å². The van der Waals surface area contributed by atoms with E-state index in [-0.39, 0.29) is 23.8 Å². The standard InChI is InChI=1S/C15H20N4O4S/c1-11-6-14(17-10-16-11)19-9-13(22-2)7-12(19)8-18-24(20,21)15-4-3-5-23-15/h3-6,10,12-13,18H,7-9H2,1-2H3/t12-,13-/m0/s1. The van der Waals surface area contributed by atoms with E-state index in [1.807, 2.05) is 17.9 Å². The second-order valence-electron chi connectivity index (χ2n) is 5.70. The number of aryl methyl sites for hydroxylation is 1. The van der Waals surface area contributed by atoms with Crippen molar-refractivity contribution in [2.24, 2.45) is 0 Å². The van der Waals surface area contributed by atoms with Crippen LogP contribution >= 0.6 is 0 Å². The summed E-state index contributed by atoms with van der Waals surface area (Å²) in [7, 11) is -2.00. The van der Waals surface area contributed by atoms with Gasteiger partial charge in [-0.1, -0.05) is 0 Å². The maximum atomic E-state index is 12.2. The molecule has 0 bridgehead atoms. The lowest BCUT2D eigenvalue weighted by Gasteiger charge is -2.25. The highest BCUT2D eigenvalue weighted by Crippen LogP contribution is 2.25. The molecule has 8 nitrogen and oxygen atoms in total. The number of rotatable bonds is 6. The molecule has 9 heteroatoms. The number of methoxy groups -OCH3 is 1. The number of hydrogen-bond acceptors (Lipinski definition) is 7. The second kappa shape index (κ2) is 6.88. The van der Waals surface area contributed by atoms with Gasteiger partial charge in [0.25, 0.3) is 10.0 Å². The van der Waals surface area contributed by atoms with E-state index in [9.17, 15) is 8.42 Å². The quantitative estimate of drug-likeness (QED) is 0.826. The van der Waals surface area contributed by atoms with E-state index < -0.39 is 10.0 Å². The third-order valence-corrected chi connectivity index (χ3v) is 5.37. The van der Waals surface area contributed by atoms with E-state index in [1.54, 1.807) is 13.2 Å². The first-order chi connectivity index (χ1) is 11.5. The predicted octanol–water partition coefficient (Wildman–Crippen LogP) is 0.950. The Bertz CT molecular complexity index is 779. The molecule has 0 aromatic carbocycles. The fourth-order valence-corrected chi connectivity index (χ4v) is 3.80. The number of nitrogens with zero attached hydrogens (tertiary/aromatic N) is 3. The van der Waals surface area contributed by atoms with Gasteiger partial charge in [-0.25, -0.2) is 23.1 Å². The fraction of sp³-hybridized carbons (Fsp3) is 0.467. The largest absolute Gasteiger partial charge is 0.452 e. The lowest BCUT2D eigenvalue weighted by Crippen LogP contribution is -2.40. The van der Waals surface area contributed by atoms with Gasteiger partial charge in [0.2, 0.25) is 5.09 Å². The lowest BCUT2D eigenvalue weighted by molar-refractivity contribution is 0.118. The van der Waals surface area contributed by atoms with Crippen LogP contribution in [0, 0.1) is 6.92 Å². The minimum Gasteiger partial charge on any atom is -0.452 e. The van der Waals surface area contributed by atoms with E-state index in [0.29, 0.717) is 13.0 Å². The Balaban J connectivity index is 1.75. The summed E-state index contributed by atoms with van der Waals surface area (Å²) in [6.07, 6.45) is 3.58. The van der Waals surface area contributed by atoms with Crippen LogP contribution in [-0.4, -0.2) is 50.7 Å². The van der Waals surface area contributed by atoms with E-state index in [0.717, 1.165) is 11.5 Å². The topological polar surface area (TPSA) is 97.6 Å². The first-order valence-corrected chi connectivity index (χ1v) is 9.09. The van der Waals surface area contributed by atoms with Crippen LogP contribution in [0.3, 0.4) is 0 Å². The molecule has 0 unspecified atom stereocenters. The minimum atomic E-state index is -3.66. The van der Waals surface area contributed by atoms with E-state index in [1.165, 1.54) is 18.7 Å². The molecule has 3 heterocycles. The number of ether oxygens (including phenoxy) is 1. The average molecular weight is 352 g/mol. The molecule has 1 aliphatic heterocycles. The Morgan fingerprint density at radius 1 is 1.46 bits per heavy atom. The highest BCUT2D eigenvalue weighted by molar-refractivity contribution is 7.89. The normalized spacial score (nSPS) is 21.3. The second-order valence-corrected chi connectivity index (χ2v) is 7.40. The van der Waals surface area contributed by atoms with Gasteiger partial charge in [0.05, 0.1) is 12.4 Å². The number of hydrogen-bond donors (Lipinski definition) is 1. The van der Waals surface area contributed by atoms with E-state index in [4.69, 9.17) is 9.15 Å². The van der Waals surface area contributed by atoms with Gasteiger partial charge in [0.15, 0.2) is 0 Å². The van der Waals surface area contributed by atoms with E-state index >= 15 is 0 Å². The van der Waals surface area contributed by atoms with Crippen molar-refractivity contribution in [3.8, 4) is 0 Å². The van der Waals surface area contributed by atoms with Gasteiger partial charge >= 0.3 is 0 Å². The molecule has 1 saturated heterocycles. The highest BCUT2D eigenvalue weighted by atomic mass is 32.2. The first-order valence-electron chi connectivity index (χ1n) is 7.61. The summed E-state index contributed by atoms with van der Waals surface area (Å²) in [5, 5.41) is -0.0896. The van der Waals surface area contributed by atoms with Crippen LogP contribution in [0.4, 0.5) is 5.82 Å². The van der Waals surface area contributed by atoms with Gasteiger partial charge in [-0.05, 0) is 25.5 Å². The summed E-state index contributed by atoms with van der Waals surface area (Å²) in [5.74, 6) is 0.768. The zero-order valence-electron chi connectivity index (χ0n) is 13.5. The van der Waals surface area contributed by atoms with Crippen LogP contribution in [0.1, 0.15) is 12.1 Å². The van der Waals surface area contributed by atoms with Crippen LogP contribution in [0.2, 0.25) is 0 Å². The summed E-state index contributed by atoms with van der Waals surface area (Å²) < 4.78 is 37.5. The molecule has 0 spiro atoms. The Morgan fingerprint density at radius 2 is 2.29 bits per heavy atom. The number of aromatic nitrogens is 2. The fourth-order valence-electron chi connectivity index (χ4n) is 2.81. The molecule has 3 rings (SSSR count). The molecule has 24 heavy (non-hydrogen) atoms.